The van der Waals surface area contributed by atoms with Crippen LogP contribution < -0.4 is 14.8 Å². The molecule has 2 aromatic rings. The number of fused-ring (bicyclic) bond motifs is 1. The summed E-state index contributed by atoms with van der Waals surface area (Å²) in [5.74, 6) is -1.76. The van der Waals surface area contributed by atoms with E-state index in [1.807, 2.05) is 4.72 Å². The van der Waals surface area contributed by atoms with Crippen molar-refractivity contribution < 1.29 is 27.1 Å². The Morgan fingerprint density at radius 3 is 2.70 bits per heavy atom. The van der Waals surface area contributed by atoms with Crippen LogP contribution in [0.15, 0.2) is 41.3 Å². The number of rotatable bonds is 4. The first kappa shape index (κ1) is 19.1. The van der Waals surface area contributed by atoms with Crippen molar-refractivity contribution in [2.24, 2.45) is 0 Å². The highest BCUT2D eigenvalue weighted by atomic mass is 35.5. The van der Waals surface area contributed by atoms with Crippen molar-refractivity contribution in [2.75, 3.05) is 5.32 Å². The number of hydrogen-bond donors (Lipinski definition) is 2. The topological polar surface area (TPSA) is 102 Å². The number of amides is 2. The lowest BCUT2D eigenvalue weighted by molar-refractivity contribution is -0.123. The first-order valence-electron chi connectivity index (χ1n) is 7.85. The molecule has 1 atom stereocenters. The van der Waals surface area contributed by atoms with E-state index in [4.69, 9.17) is 16.3 Å². The zero-order valence-corrected chi connectivity index (χ0v) is 15.5. The summed E-state index contributed by atoms with van der Waals surface area (Å²) in [4.78, 5) is 23.8. The molecule has 1 aliphatic rings. The van der Waals surface area contributed by atoms with Crippen molar-refractivity contribution >= 4 is 39.1 Å². The smallest absolute Gasteiger partial charge is 0.265 e. The Morgan fingerprint density at radius 1 is 1.30 bits per heavy atom. The number of carbonyl (C=O) groups excluding carboxylic acids is 2. The molecule has 0 radical (unpaired) electrons. The van der Waals surface area contributed by atoms with E-state index in [-0.39, 0.29) is 27.1 Å². The quantitative estimate of drug-likeness (QED) is 0.804. The van der Waals surface area contributed by atoms with Gasteiger partial charge in [0, 0.05) is 5.56 Å². The number of carbonyl (C=O) groups is 2. The predicted molar refractivity (Wildman–Crippen MR) is 95.8 cm³/mol. The second-order valence-electron chi connectivity index (χ2n) is 5.73. The van der Waals surface area contributed by atoms with Crippen molar-refractivity contribution in [3.8, 4) is 5.75 Å². The molecule has 10 heteroatoms. The average Bonchev–Trinajstić information content (AvgIpc) is 2.62. The van der Waals surface area contributed by atoms with Crippen molar-refractivity contribution in [3.05, 3.63) is 52.8 Å². The summed E-state index contributed by atoms with van der Waals surface area (Å²) in [7, 11) is -4.24. The van der Waals surface area contributed by atoms with Crippen LogP contribution in [-0.4, -0.2) is 26.3 Å². The van der Waals surface area contributed by atoms with Crippen molar-refractivity contribution in [1.29, 1.82) is 0 Å². The minimum Gasteiger partial charge on any atom is -0.478 e. The van der Waals surface area contributed by atoms with Crippen LogP contribution in [0.2, 0.25) is 5.02 Å². The van der Waals surface area contributed by atoms with Gasteiger partial charge in [0.1, 0.15) is 11.6 Å². The number of benzene rings is 2. The number of nitrogens with one attached hydrogen (secondary N) is 2. The van der Waals surface area contributed by atoms with Gasteiger partial charge in [0.05, 0.1) is 15.6 Å². The van der Waals surface area contributed by atoms with Gasteiger partial charge in [0.2, 0.25) is 0 Å². The fourth-order valence-electron chi connectivity index (χ4n) is 2.44. The maximum absolute atomic E-state index is 13.2. The van der Waals surface area contributed by atoms with Gasteiger partial charge in [-0.3, -0.25) is 9.59 Å². The average molecular weight is 413 g/mol. The molecule has 0 aromatic heterocycles. The van der Waals surface area contributed by atoms with Gasteiger partial charge < -0.3 is 10.1 Å². The molecule has 27 heavy (non-hydrogen) atoms. The Balaban J connectivity index is 1.85. The molecule has 0 saturated carbocycles. The number of anilines is 1. The highest BCUT2D eigenvalue weighted by molar-refractivity contribution is 7.90. The molecule has 1 aliphatic heterocycles. The summed E-state index contributed by atoms with van der Waals surface area (Å²) < 4.78 is 45.5. The third-order valence-corrected chi connectivity index (χ3v) is 5.48. The zero-order chi connectivity index (χ0) is 19.8. The summed E-state index contributed by atoms with van der Waals surface area (Å²) in [6.45, 7) is 1.78. The fraction of sp³-hybridized carbons (Fsp3) is 0.176. The van der Waals surface area contributed by atoms with Gasteiger partial charge in [-0.1, -0.05) is 18.5 Å². The molecule has 0 saturated heterocycles. The largest absolute Gasteiger partial charge is 0.478 e. The minimum absolute atomic E-state index is 0.120. The monoisotopic (exact) mass is 412 g/mol. The molecule has 2 amide bonds. The highest BCUT2D eigenvalue weighted by Crippen LogP contribution is 2.32. The van der Waals surface area contributed by atoms with Crippen LogP contribution in [0.1, 0.15) is 23.7 Å². The van der Waals surface area contributed by atoms with E-state index < -0.39 is 27.9 Å². The lowest BCUT2D eigenvalue weighted by atomic mass is 10.2. The lowest BCUT2D eigenvalue weighted by Gasteiger charge is -2.25. The Labute approximate surface area is 159 Å². The number of halogens is 2. The first-order valence-corrected chi connectivity index (χ1v) is 9.71. The van der Waals surface area contributed by atoms with Crippen LogP contribution in [0.5, 0.6) is 5.75 Å². The van der Waals surface area contributed by atoms with E-state index in [1.165, 1.54) is 18.2 Å². The molecular formula is C17H14ClFN2O5S. The van der Waals surface area contributed by atoms with Crippen LogP contribution in [0.25, 0.3) is 0 Å². The zero-order valence-electron chi connectivity index (χ0n) is 14.0. The number of sulfonamides is 1. The second-order valence-corrected chi connectivity index (χ2v) is 7.82. The summed E-state index contributed by atoms with van der Waals surface area (Å²) >= 11 is 5.60. The van der Waals surface area contributed by atoms with Crippen LogP contribution in [0.4, 0.5) is 10.1 Å². The predicted octanol–water partition coefficient (Wildman–Crippen LogP) is 2.71. The second kappa shape index (κ2) is 7.16. The van der Waals surface area contributed by atoms with Gasteiger partial charge in [-0.15, -0.1) is 0 Å². The number of ether oxygens (including phenoxy) is 1. The van der Waals surface area contributed by atoms with E-state index in [2.05, 4.69) is 5.32 Å². The molecule has 1 heterocycles. The highest BCUT2D eigenvalue weighted by Gasteiger charge is 2.28. The van der Waals surface area contributed by atoms with Gasteiger partial charge in [0.25, 0.3) is 21.8 Å². The summed E-state index contributed by atoms with van der Waals surface area (Å²) in [5, 5.41) is 2.27. The molecule has 0 unspecified atom stereocenters. The van der Waals surface area contributed by atoms with Crippen molar-refractivity contribution in [1.82, 2.24) is 4.72 Å². The lowest BCUT2D eigenvalue weighted by Crippen LogP contribution is -2.36. The SMILES string of the molecule is CC[C@@H]1Oc2ccc(S(=O)(=O)NC(=O)c3ccc(F)c(Cl)c3)cc2NC1=O. The molecule has 0 spiro atoms. The molecule has 0 aliphatic carbocycles. The summed E-state index contributed by atoms with van der Waals surface area (Å²) in [6.07, 6.45) is -0.190. The normalized spacial score (nSPS) is 16.1. The first-order chi connectivity index (χ1) is 12.7. The third-order valence-electron chi connectivity index (χ3n) is 3.86. The maximum atomic E-state index is 13.2. The molecule has 2 N–H and O–H groups in total. The molecule has 0 bridgehead atoms. The van der Waals surface area contributed by atoms with Crippen LogP contribution in [0.3, 0.4) is 0 Å². The fourth-order valence-corrected chi connectivity index (χ4v) is 3.62. The molecule has 2 aromatic carbocycles. The van der Waals surface area contributed by atoms with Gasteiger partial charge in [0.15, 0.2) is 6.10 Å². The van der Waals surface area contributed by atoms with Gasteiger partial charge in [-0.05, 0) is 42.8 Å². The van der Waals surface area contributed by atoms with E-state index in [0.717, 1.165) is 18.2 Å². The van der Waals surface area contributed by atoms with E-state index in [0.29, 0.717) is 12.2 Å². The molecule has 142 valence electrons. The van der Waals surface area contributed by atoms with E-state index in [1.54, 1.807) is 6.92 Å². The van der Waals surface area contributed by atoms with E-state index in [9.17, 15) is 22.4 Å². The molecule has 3 rings (SSSR count). The van der Waals surface area contributed by atoms with Gasteiger partial charge in [-0.2, -0.15) is 0 Å². The minimum atomic E-state index is -4.24. The molecule has 7 nitrogen and oxygen atoms in total. The Bertz CT molecular complexity index is 1040. The molecular weight excluding hydrogens is 399 g/mol. The maximum Gasteiger partial charge on any atom is 0.265 e. The molecule has 0 fully saturated rings. The van der Waals surface area contributed by atoms with Crippen LogP contribution in [0, 0.1) is 5.82 Å². The van der Waals surface area contributed by atoms with Gasteiger partial charge in [-0.25, -0.2) is 17.5 Å². The standard InChI is InChI=1S/C17H14ClFN2O5S/c1-2-14-17(23)20-13-8-10(4-6-15(13)26-14)27(24,25)21-16(22)9-3-5-12(19)11(18)7-9/h3-8,14H,2H2,1H3,(H,20,23)(H,21,22)/t14-/m0/s1. The summed E-state index contributed by atoms with van der Waals surface area (Å²) in [5.41, 5.74) is 0.0650. The van der Waals surface area contributed by atoms with E-state index >= 15 is 0 Å². The third kappa shape index (κ3) is 3.88. The van der Waals surface area contributed by atoms with Crippen molar-refractivity contribution in [3.63, 3.8) is 0 Å². The number of hydrogen-bond acceptors (Lipinski definition) is 5. The summed E-state index contributed by atoms with van der Waals surface area (Å²) in [6, 6.07) is 6.92. The van der Waals surface area contributed by atoms with Crippen LogP contribution >= 0.6 is 11.6 Å². The Morgan fingerprint density at radius 2 is 2.04 bits per heavy atom. The van der Waals surface area contributed by atoms with Gasteiger partial charge >= 0.3 is 0 Å². The van der Waals surface area contributed by atoms with Crippen LogP contribution in [-0.2, 0) is 14.8 Å². The van der Waals surface area contributed by atoms with Crippen molar-refractivity contribution in [2.45, 2.75) is 24.3 Å². The Kier molecular flexibility index (Phi) is 5.07. The Hall–Kier alpha value is -2.65.